The Kier molecular flexibility index (Phi) is 6.41. The van der Waals surface area contributed by atoms with E-state index in [1.54, 1.807) is 18.2 Å². The Hall–Kier alpha value is -2.62. The zero-order valence-corrected chi connectivity index (χ0v) is 20.3. The minimum atomic E-state index is -3.78. The average molecular weight is 473 g/mol. The topological polar surface area (TPSA) is 83.6 Å². The molecule has 2 aromatic heterocycles. The quantitative estimate of drug-likeness (QED) is 0.562. The van der Waals surface area contributed by atoms with Crippen molar-refractivity contribution < 1.29 is 13.2 Å². The summed E-state index contributed by atoms with van der Waals surface area (Å²) in [5, 5.41) is 3.51. The predicted molar refractivity (Wildman–Crippen MR) is 130 cm³/mol. The first-order valence-corrected chi connectivity index (χ1v) is 12.8. The molecule has 1 fully saturated rings. The van der Waals surface area contributed by atoms with Gasteiger partial charge in [0.15, 0.2) is 0 Å². The molecule has 0 bridgehead atoms. The highest BCUT2D eigenvalue weighted by molar-refractivity contribution is 7.94. The van der Waals surface area contributed by atoms with Gasteiger partial charge in [-0.3, -0.25) is 9.71 Å². The third kappa shape index (κ3) is 4.90. The van der Waals surface area contributed by atoms with E-state index in [1.165, 1.54) is 18.4 Å². The van der Waals surface area contributed by atoms with Crippen LogP contribution in [0.5, 0.6) is 5.75 Å². The first kappa shape index (κ1) is 22.6. The lowest BCUT2D eigenvalue weighted by Crippen LogP contribution is -2.54. The molecule has 0 amide bonds. The highest BCUT2D eigenvalue weighted by Gasteiger charge is 2.24. The Morgan fingerprint density at radius 1 is 1.12 bits per heavy atom. The molecule has 2 N–H and O–H groups in total. The Balaban J connectivity index is 1.61. The lowest BCUT2D eigenvalue weighted by Gasteiger charge is -2.38. The molecule has 0 spiro atoms. The van der Waals surface area contributed by atoms with Crippen molar-refractivity contribution in [2.24, 2.45) is 0 Å². The van der Waals surface area contributed by atoms with Crippen molar-refractivity contribution in [1.29, 1.82) is 0 Å². The van der Waals surface area contributed by atoms with E-state index in [-0.39, 0.29) is 4.21 Å². The van der Waals surface area contributed by atoms with Crippen molar-refractivity contribution in [1.82, 2.24) is 10.3 Å². The molecule has 0 aliphatic carbocycles. The van der Waals surface area contributed by atoms with Gasteiger partial charge in [-0.1, -0.05) is 6.07 Å². The van der Waals surface area contributed by atoms with Crippen LogP contribution >= 0.6 is 11.3 Å². The van der Waals surface area contributed by atoms with E-state index in [1.807, 2.05) is 37.3 Å². The molecule has 3 aromatic rings. The van der Waals surface area contributed by atoms with E-state index in [2.05, 4.69) is 33.8 Å². The van der Waals surface area contributed by atoms with Crippen molar-refractivity contribution in [2.45, 2.75) is 37.1 Å². The number of thiophene rings is 1. The second-order valence-corrected chi connectivity index (χ2v) is 11.1. The number of benzene rings is 1. The van der Waals surface area contributed by atoms with E-state index in [0.717, 1.165) is 35.0 Å². The number of nitrogens with zero attached hydrogens (tertiary/aromatic N) is 2. The Labute approximate surface area is 193 Å². The number of nitrogens with one attached hydrogen (secondary N) is 2. The number of hydrogen-bond donors (Lipinski definition) is 2. The summed E-state index contributed by atoms with van der Waals surface area (Å²) in [5.74, 6) is 0.477. The van der Waals surface area contributed by atoms with Crippen LogP contribution in [0.3, 0.4) is 0 Å². The van der Waals surface area contributed by atoms with E-state index in [4.69, 9.17) is 4.74 Å². The van der Waals surface area contributed by atoms with Crippen LogP contribution < -0.4 is 19.7 Å². The van der Waals surface area contributed by atoms with Crippen LogP contribution in [0.1, 0.15) is 19.5 Å². The minimum Gasteiger partial charge on any atom is -0.495 e. The maximum atomic E-state index is 13.2. The molecule has 32 heavy (non-hydrogen) atoms. The molecule has 9 heteroatoms. The van der Waals surface area contributed by atoms with Crippen molar-refractivity contribution >= 4 is 32.7 Å². The summed E-state index contributed by atoms with van der Waals surface area (Å²) >= 11 is 1.19. The maximum Gasteiger partial charge on any atom is 0.271 e. The van der Waals surface area contributed by atoms with E-state index >= 15 is 0 Å². The summed E-state index contributed by atoms with van der Waals surface area (Å²) in [4.78, 5) is 7.55. The van der Waals surface area contributed by atoms with Crippen LogP contribution in [0.25, 0.3) is 10.6 Å². The van der Waals surface area contributed by atoms with Crippen LogP contribution in [0.4, 0.5) is 11.4 Å². The summed E-state index contributed by atoms with van der Waals surface area (Å²) in [6.07, 6.45) is 0. The second kappa shape index (κ2) is 9.09. The van der Waals surface area contributed by atoms with Gasteiger partial charge in [0, 0.05) is 36.6 Å². The summed E-state index contributed by atoms with van der Waals surface area (Å²) in [5.41, 5.74) is 3.03. The maximum absolute atomic E-state index is 13.2. The zero-order chi connectivity index (χ0) is 22.9. The Morgan fingerprint density at radius 3 is 2.56 bits per heavy atom. The molecule has 1 aliphatic rings. The van der Waals surface area contributed by atoms with Crippen LogP contribution in [0.2, 0.25) is 0 Å². The molecule has 0 unspecified atom stereocenters. The normalized spacial score (nSPS) is 19.1. The molecule has 170 valence electrons. The fourth-order valence-electron chi connectivity index (χ4n) is 3.99. The van der Waals surface area contributed by atoms with Crippen molar-refractivity contribution in [3.05, 3.63) is 54.2 Å². The smallest absolute Gasteiger partial charge is 0.271 e. The summed E-state index contributed by atoms with van der Waals surface area (Å²) in [6.45, 7) is 7.90. The summed E-state index contributed by atoms with van der Waals surface area (Å²) in [7, 11) is -2.25. The first-order valence-electron chi connectivity index (χ1n) is 10.5. The van der Waals surface area contributed by atoms with Gasteiger partial charge in [0.05, 0.1) is 23.4 Å². The van der Waals surface area contributed by atoms with Gasteiger partial charge < -0.3 is 15.0 Å². The summed E-state index contributed by atoms with van der Waals surface area (Å²) in [6, 6.07) is 15.4. The van der Waals surface area contributed by atoms with Gasteiger partial charge in [-0.2, -0.15) is 0 Å². The number of aryl methyl sites for hydroxylation is 1. The fraction of sp³-hybridized carbons (Fsp3) is 0.348. The van der Waals surface area contributed by atoms with Crippen LogP contribution in [-0.2, 0) is 10.0 Å². The number of hydrogen-bond acceptors (Lipinski definition) is 7. The van der Waals surface area contributed by atoms with Crippen molar-refractivity contribution in [2.75, 3.05) is 29.8 Å². The first-order chi connectivity index (χ1) is 15.2. The molecule has 3 heterocycles. The third-order valence-electron chi connectivity index (χ3n) is 5.34. The highest BCUT2D eigenvalue weighted by Crippen LogP contribution is 2.35. The lowest BCUT2D eigenvalue weighted by molar-refractivity contribution is 0.406. The number of anilines is 2. The molecule has 7 nitrogen and oxygen atoms in total. The van der Waals surface area contributed by atoms with Gasteiger partial charge in [0.2, 0.25) is 0 Å². The standard InChI is InChI=1S/C23H28N4O3S2/c1-15-6-5-7-19(25-15)22-10-11-23(31-22)32(28,29)26-20-12-18(8-9-21(20)30-4)27-13-16(2)24-17(3)14-27/h5-12,16-17,24,26H,13-14H2,1-4H3/t16-,17+. The number of pyridine rings is 1. The number of methoxy groups -OCH3 is 1. The lowest BCUT2D eigenvalue weighted by atomic mass is 10.1. The molecule has 1 aromatic carbocycles. The molecule has 2 atom stereocenters. The molecule has 0 saturated carbocycles. The van der Waals surface area contributed by atoms with Gasteiger partial charge >= 0.3 is 0 Å². The highest BCUT2D eigenvalue weighted by atomic mass is 32.2. The molecular formula is C23H28N4O3S2. The van der Waals surface area contributed by atoms with E-state index in [9.17, 15) is 8.42 Å². The SMILES string of the molecule is COc1ccc(N2C[C@@H](C)N[C@@H](C)C2)cc1NS(=O)(=O)c1ccc(-c2cccc(C)n2)s1. The molecule has 1 saturated heterocycles. The largest absolute Gasteiger partial charge is 0.495 e. The van der Waals surface area contributed by atoms with E-state index < -0.39 is 10.0 Å². The van der Waals surface area contributed by atoms with Gasteiger partial charge in [-0.25, -0.2) is 8.42 Å². The molecule has 1 aliphatic heterocycles. The van der Waals surface area contributed by atoms with Crippen molar-refractivity contribution in [3.63, 3.8) is 0 Å². The van der Waals surface area contributed by atoms with Crippen LogP contribution in [-0.4, -0.2) is 45.7 Å². The Morgan fingerprint density at radius 2 is 1.88 bits per heavy atom. The average Bonchev–Trinajstić information content (AvgIpc) is 3.24. The van der Waals surface area contributed by atoms with Gasteiger partial charge in [-0.05, 0) is 63.2 Å². The monoisotopic (exact) mass is 472 g/mol. The van der Waals surface area contributed by atoms with Crippen LogP contribution in [0, 0.1) is 6.92 Å². The Bertz CT molecular complexity index is 1200. The van der Waals surface area contributed by atoms with Crippen LogP contribution in [0.15, 0.2) is 52.7 Å². The zero-order valence-electron chi connectivity index (χ0n) is 18.6. The molecular weight excluding hydrogens is 444 g/mol. The summed E-state index contributed by atoms with van der Waals surface area (Å²) < 4.78 is 34.7. The molecule has 0 radical (unpaired) electrons. The molecule has 4 rings (SSSR count). The number of piperazine rings is 1. The minimum absolute atomic E-state index is 0.229. The second-order valence-electron chi connectivity index (χ2n) is 8.15. The number of aromatic nitrogens is 1. The number of rotatable bonds is 6. The van der Waals surface area contributed by atoms with Crippen molar-refractivity contribution in [3.8, 4) is 16.3 Å². The third-order valence-corrected chi connectivity index (χ3v) is 8.30. The van der Waals surface area contributed by atoms with Gasteiger partial charge in [0.25, 0.3) is 10.0 Å². The van der Waals surface area contributed by atoms with Gasteiger partial charge in [-0.15, -0.1) is 11.3 Å². The number of sulfonamides is 1. The van der Waals surface area contributed by atoms with Gasteiger partial charge in [0.1, 0.15) is 9.96 Å². The number of ether oxygens (including phenoxy) is 1. The fourth-order valence-corrected chi connectivity index (χ4v) is 6.32. The van der Waals surface area contributed by atoms with E-state index in [0.29, 0.717) is 23.5 Å². The predicted octanol–water partition coefficient (Wildman–Crippen LogP) is 4.11.